The van der Waals surface area contributed by atoms with Crippen LogP contribution >= 0.6 is 11.6 Å². The highest BCUT2D eigenvalue weighted by molar-refractivity contribution is 7.89. The molecule has 1 aliphatic heterocycles. The maximum Gasteiger partial charge on any atom is 0.248 e. The second-order valence-corrected chi connectivity index (χ2v) is 10.3. The number of hydrogen-bond donors (Lipinski definition) is 1. The molecular formula is C21H27ClN4O3S. The summed E-state index contributed by atoms with van der Waals surface area (Å²) >= 11 is 6.16. The van der Waals surface area contributed by atoms with E-state index in [0.717, 1.165) is 12.1 Å². The predicted molar refractivity (Wildman–Crippen MR) is 119 cm³/mol. The van der Waals surface area contributed by atoms with Crippen LogP contribution in [0.25, 0.3) is 6.08 Å². The number of carbonyl (C=O) groups excluding carboxylic acids is 1. The molecule has 2 atom stereocenters. The Kier molecular flexibility index (Phi) is 6.69. The van der Waals surface area contributed by atoms with Gasteiger partial charge in [0.2, 0.25) is 15.9 Å². The van der Waals surface area contributed by atoms with Crippen molar-refractivity contribution in [2.24, 2.45) is 18.9 Å². The molecule has 0 radical (unpaired) electrons. The van der Waals surface area contributed by atoms with E-state index in [1.165, 1.54) is 22.9 Å². The number of aryl methyl sites for hydroxylation is 2. The molecule has 3 rings (SSSR count). The van der Waals surface area contributed by atoms with Gasteiger partial charge in [0.05, 0.1) is 10.6 Å². The summed E-state index contributed by atoms with van der Waals surface area (Å²) in [5.41, 5.74) is 1.92. The first-order chi connectivity index (χ1) is 14.1. The number of hydrogen-bond acceptors (Lipinski definition) is 4. The van der Waals surface area contributed by atoms with Crippen molar-refractivity contribution < 1.29 is 13.2 Å². The van der Waals surface area contributed by atoms with E-state index in [1.54, 1.807) is 29.6 Å². The molecule has 162 valence electrons. The van der Waals surface area contributed by atoms with Gasteiger partial charge >= 0.3 is 0 Å². The molecule has 30 heavy (non-hydrogen) atoms. The van der Waals surface area contributed by atoms with Crippen molar-refractivity contribution in [1.82, 2.24) is 14.1 Å². The van der Waals surface area contributed by atoms with Gasteiger partial charge in [0, 0.05) is 37.5 Å². The van der Waals surface area contributed by atoms with Gasteiger partial charge in [-0.1, -0.05) is 25.4 Å². The Morgan fingerprint density at radius 1 is 1.20 bits per heavy atom. The topological polar surface area (TPSA) is 84.3 Å². The maximum atomic E-state index is 12.9. The summed E-state index contributed by atoms with van der Waals surface area (Å²) in [6.45, 7) is 7.03. The molecule has 0 aliphatic carbocycles. The van der Waals surface area contributed by atoms with Gasteiger partial charge in [-0.25, -0.2) is 8.42 Å². The van der Waals surface area contributed by atoms with E-state index in [2.05, 4.69) is 24.3 Å². The largest absolute Gasteiger partial charge is 0.323 e. The van der Waals surface area contributed by atoms with Crippen molar-refractivity contribution in [2.45, 2.75) is 32.1 Å². The fourth-order valence-electron chi connectivity index (χ4n) is 3.84. The van der Waals surface area contributed by atoms with Gasteiger partial charge in [0.1, 0.15) is 5.15 Å². The zero-order valence-electron chi connectivity index (χ0n) is 17.6. The van der Waals surface area contributed by atoms with Gasteiger partial charge in [0.25, 0.3) is 0 Å². The fourth-order valence-corrected chi connectivity index (χ4v) is 5.76. The summed E-state index contributed by atoms with van der Waals surface area (Å²) in [4.78, 5) is 12.5. The van der Waals surface area contributed by atoms with Crippen LogP contribution in [0.3, 0.4) is 0 Å². The van der Waals surface area contributed by atoms with Crippen LogP contribution in [-0.4, -0.2) is 41.5 Å². The quantitative estimate of drug-likeness (QED) is 0.704. The third-order valence-corrected chi connectivity index (χ3v) is 7.49. The van der Waals surface area contributed by atoms with Crippen LogP contribution in [0, 0.1) is 18.8 Å². The molecule has 2 heterocycles. The van der Waals surface area contributed by atoms with E-state index in [9.17, 15) is 13.2 Å². The molecule has 1 saturated heterocycles. The Hall–Kier alpha value is -2.16. The van der Waals surface area contributed by atoms with Crippen LogP contribution in [0.15, 0.2) is 35.2 Å². The van der Waals surface area contributed by atoms with Gasteiger partial charge in [-0.3, -0.25) is 9.48 Å². The van der Waals surface area contributed by atoms with Gasteiger partial charge in [0.15, 0.2) is 0 Å². The standard InChI is InChI=1S/C21H27ClN4O3S/c1-14-11-15(2)13-26(12-14)30(28,29)18-7-5-17(6-8-18)23-20(27)10-9-19-16(3)24-25(4)21(19)22/h5-10,14-15H,11-13H2,1-4H3,(H,23,27)/b10-9+. The minimum Gasteiger partial charge on any atom is -0.323 e. The molecular weight excluding hydrogens is 424 g/mol. The van der Waals surface area contributed by atoms with E-state index in [0.29, 0.717) is 41.3 Å². The Morgan fingerprint density at radius 3 is 2.33 bits per heavy atom. The van der Waals surface area contributed by atoms with Gasteiger partial charge < -0.3 is 5.32 Å². The lowest BCUT2D eigenvalue weighted by Crippen LogP contribution is -2.42. The second kappa shape index (κ2) is 8.91. The SMILES string of the molecule is Cc1nn(C)c(Cl)c1/C=C/C(=O)Nc1ccc(S(=O)(=O)N2CC(C)CC(C)C2)cc1. The summed E-state index contributed by atoms with van der Waals surface area (Å²) in [7, 11) is -1.81. The molecule has 1 amide bonds. The molecule has 0 saturated carbocycles. The van der Waals surface area contributed by atoms with E-state index >= 15 is 0 Å². The molecule has 1 aromatic heterocycles. The van der Waals surface area contributed by atoms with Crippen LogP contribution in [0.4, 0.5) is 5.69 Å². The van der Waals surface area contributed by atoms with Crippen molar-refractivity contribution in [2.75, 3.05) is 18.4 Å². The lowest BCUT2D eigenvalue weighted by atomic mass is 9.94. The summed E-state index contributed by atoms with van der Waals surface area (Å²) in [5, 5.41) is 7.37. The molecule has 9 heteroatoms. The second-order valence-electron chi connectivity index (χ2n) is 8.03. The smallest absolute Gasteiger partial charge is 0.248 e. The molecule has 2 unspecified atom stereocenters. The van der Waals surface area contributed by atoms with E-state index < -0.39 is 10.0 Å². The van der Waals surface area contributed by atoms with Crippen LogP contribution in [0.2, 0.25) is 5.15 Å². The zero-order valence-corrected chi connectivity index (χ0v) is 19.2. The van der Waals surface area contributed by atoms with Gasteiger partial charge in [-0.05, 0) is 55.5 Å². The summed E-state index contributed by atoms with van der Waals surface area (Å²) in [6.07, 6.45) is 4.02. The molecule has 1 aromatic carbocycles. The minimum atomic E-state index is -3.54. The maximum absolute atomic E-state index is 12.9. The number of nitrogens with zero attached hydrogens (tertiary/aromatic N) is 3. The Balaban J connectivity index is 1.68. The van der Waals surface area contributed by atoms with Crippen molar-refractivity contribution in [1.29, 1.82) is 0 Å². The molecule has 0 bridgehead atoms. The Bertz CT molecular complexity index is 1050. The van der Waals surface area contributed by atoms with Gasteiger partial charge in [-0.2, -0.15) is 9.40 Å². The van der Waals surface area contributed by atoms with Crippen molar-refractivity contribution >= 4 is 39.3 Å². The lowest BCUT2D eigenvalue weighted by Gasteiger charge is -2.34. The first-order valence-electron chi connectivity index (χ1n) is 9.86. The number of benzene rings is 1. The van der Waals surface area contributed by atoms with Crippen LogP contribution < -0.4 is 5.32 Å². The Morgan fingerprint density at radius 2 is 1.80 bits per heavy atom. The van der Waals surface area contributed by atoms with E-state index in [-0.39, 0.29) is 10.8 Å². The number of rotatable bonds is 5. The number of anilines is 1. The number of nitrogens with one attached hydrogen (secondary N) is 1. The predicted octanol–water partition coefficient (Wildman–Crippen LogP) is 3.70. The summed E-state index contributed by atoms with van der Waals surface area (Å²) in [5.74, 6) is 0.334. The van der Waals surface area contributed by atoms with E-state index in [4.69, 9.17) is 11.6 Å². The highest BCUT2D eigenvalue weighted by Gasteiger charge is 2.31. The Labute approximate surface area is 182 Å². The van der Waals surface area contributed by atoms with Gasteiger partial charge in [-0.15, -0.1) is 0 Å². The molecule has 1 aliphatic rings. The average molecular weight is 451 g/mol. The number of sulfonamides is 1. The van der Waals surface area contributed by atoms with Crippen LogP contribution in [-0.2, 0) is 21.9 Å². The molecule has 0 spiro atoms. The summed E-state index contributed by atoms with van der Waals surface area (Å²) < 4.78 is 29.0. The van der Waals surface area contributed by atoms with E-state index in [1.807, 2.05) is 6.92 Å². The average Bonchev–Trinajstić information content (AvgIpc) is 2.91. The fraction of sp³-hybridized carbons (Fsp3) is 0.429. The molecule has 1 N–H and O–H groups in total. The molecule has 1 fully saturated rings. The highest BCUT2D eigenvalue weighted by atomic mass is 35.5. The number of amides is 1. The first-order valence-corrected chi connectivity index (χ1v) is 11.7. The number of halogens is 1. The minimum absolute atomic E-state index is 0.232. The number of carbonyl (C=O) groups is 1. The van der Waals surface area contributed by atoms with Crippen molar-refractivity contribution in [3.05, 3.63) is 46.8 Å². The molecule has 2 aromatic rings. The number of aromatic nitrogens is 2. The first kappa shape index (κ1) is 22.5. The zero-order chi connectivity index (χ0) is 22.1. The van der Waals surface area contributed by atoms with Crippen LogP contribution in [0.5, 0.6) is 0 Å². The monoisotopic (exact) mass is 450 g/mol. The van der Waals surface area contributed by atoms with Crippen molar-refractivity contribution in [3.8, 4) is 0 Å². The third-order valence-electron chi connectivity index (χ3n) is 5.19. The van der Waals surface area contributed by atoms with Crippen molar-refractivity contribution in [3.63, 3.8) is 0 Å². The lowest BCUT2D eigenvalue weighted by molar-refractivity contribution is -0.111. The number of piperidine rings is 1. The normalized spacial score (nSPS) is 20.6. The third kappa shape index (κ3) is 4.94. The highest BCUT2D eigenvalue weighted by Crippen LogP contribution is 2.27. The molecule has 7 nitrogen and oxygen atoms in total. The summed E-state index contributed by atoms with van der Waals surface area (Å²) in [6, 6.07) is 6.25. The van der Waals surface area contributed by atoms with Crippen LogP contribution in [0.1, 0.15) is 31.5 Å².